The van der Waals surface area contributed by atoms with E-state index in [4.69, 9.17) is 4.74 Å². The fourth-order valence-corrected chi connectivity index (χ4v) is 4.48. The third kappa shape index (κ3) is 5.59. The summed E-state index contributed by atoms with van der Waals surface area (Å²) >= 11 is 0. The molecule has 1 fully saturated rings. The van der Waals surface area contributed by atoms with Crippen LogP contribution < -0.4 is 10.0 Å². The quantitative estimate of drug-likeness (QED) is 0.406. The maximum atomic E-state index is 13.2. The van der Waals surface area contributed by atoms with Gasteiger partial charge in [-0.2, -0.15) is 0 Å². The van der Waals surface area contributed by atoms with Gasteiger partial charge in [-0.15, -0.1) is 0 Å². The molecule has 10 heteroatoms. The van der Waals surface area contributed by atoms with Crippen molar-refractivity contribution in [3.8, 4) is 0 Å². The van der Waals surface area contributed by atoms with Gasteiger partial charge in [0.15, 0.2) is 5.96 Å². The van der Waals surface area contributed by atoms with Crippen LogP contribution in [0.3, 0.4) is 0 Å². The van der Waals surface area contributed by atoms with E-state index >= 15 is 0 Å². The predicted octanol–water partition coefficient (Wildman–Crippen LogP) is 1.48. The summed E-state index contributed by atoms with van der Waals surface area (Å²) in [5.41, 5.74) is 0.902. The minimum atomic E-state index is -3.54. The van der Waals surface area contributed by atoms with E-state index in [0.717, 1.165) is 5.56 Å². The maximum Gasteiger partial charge on any atom is 0.242 e. The summed E-state index contributed by atoms with van der Waals surface area (Å²) in [6.07, 6.45) is 3.00. The van der Waals surface area contributed by atoms with Crippen LogP contribution in [0.5, 0.6) is 0 Å². The molecule has 0 saturated carbocycles. The molecule has 8 nitrogen and oxygen atoms in total. The highest BCUT2D eigenvalue weighted by Crippen LogP contribution is 2.25. The Morgan fingerprint density at radius 3 is 2.60 bits per heavy atom. The third-order valence-corrected chi connectivity index (χ3v) is 6.27. The highest BCUT2D eigenvalue weighted by Gasteiger charge is 2.28. The first kappa shape index (κ1) is 22.3. The van der Waals surface area contributed by atoms with Crippen LogP contribution in [0.4, 0.5) is 4.39 Å². The molecule has 2 N–H and O–H groups in total. The fourth-order valence-electron chi connectivity index (χ4n) is 3.40. The SMILES string of the molecule is CN=C(NCCNS(=O)(=O)c1ccn(C)c1)N1CC(C)OC(c2ccc(F)cc2)C1. The molecule has 1 aliphatic rings. The highest BCUT2D eigenvalue weighted by molar-refractivity contribution is 7.89. The van der Waals surface area contributed by atoms with Gasteiger partial charge in [-0.3, -0.25) is 4.99 Å². The molecule has 1 saturated heterocycles. The van der Waals surface area contributed by atoms with E-state index in [1.165, 1.54) is 12.1 Å². The minimum Gasteiger partial charge on any atom is -0.367 e. The summed E-state index contributed by atoms with van der Waals surface area (Å²) < 4.78 is 48.1. The Morgan fingerprint density at radius 1 is 1.23 bits per heavy atom. The third-order valence-electron chi connectivity index (χ3n) is 4.83. The summed E-state index contributed by atoms with van der Waals surface area (Å²) in [7, 11) is -0.0861. The predicted molar refractivity (Wildman–Crippen MR) is 113 cm³/mol. The van der Waals surface area contributed by atoms with Crippen molar-refractivity contribution in [2.24, 2.45) is 12.0 Å². The van der Waals surface area contributed by atoms with E-state index in [-0.39, 0.29) is 29.5 Å². The van der Waals surface area contributed by atoms with Crippen LogP contribution in [-0.2, 0) is 21.8 Å². The standard InChI is InChI=1S/C20H28FN5O3S/c1-15-12-26(14-19(29-15)16-4-6-17(21)7-5-16)20(22-2)23-9-10-24-30(27,28)18-8-11-25(3)13-18/h4-8,11,13,15,19,24H,9-10,12,14H2,1-3H3,(H,22,23). The number of guanidine groups is 1. The van der Waals surface area contributed by atoms with Gasteiger partial charge in [0.25, 0.3) is 0 Å². The van der Waals surface area contributed by atoms with Gasteiger partial charge in [0.1, 0.15) is 11.9 Å². The van der Waals surface area contributed by atoms with Gasteiger partial charge in [-0.25, -0.2) is 17.5 Å². The maximum absolute atomic E-state index is 13.2. The molecule has 1 aliphatic heterocycles. The average Bonchev–Trinajstić information content (AvgIpc) is 3.15. The Bertz CT molecular complexity index is 975. The van der Waals surface area contributed by atoms with Gasteiger partial charge in [-0.1, -0.05) is 12.1 Å². The highest BCUT2D eigenvalue weighted by atomic mass is 32.2. The zero-order valence-electron chi connectivity index (χ0n) is 17.4. The van der Waals surface area contributed by atoms with Gasteiger partial charge in [0.05, 0.1) is 17.5 Å². The first-order chi connectivity index (χ1) is 14.3. The van der Waals surface area contributed by atoms with Crippen molar-refractivity contribution in [2.45, 2.75) is 24.0 Å². The van der Waals surface area contributed by atoms with E-state index in [1.807, 2.05) is 6.92 Å². The fraction of sp³-hybridized carbons (Fsp3) is 0.450. The van der Waals surface area contributed by atoms with Gasteiger partial charge < -0.3 is 19.5 Å². The summed E-state index contributed by atoms with van der Waals surface area (Å²) in [5, 5.41) is 3.20. The van der Waals surface area contributed by atoms with Crippen LogP contribution in [0, 0.1) is 5.82 Å². The number of hydrogen-bond acceptors (Lipinski definition) is 4. The van der Waals surface area contributed by atoms with Gasteiger partial charge in [0.2, 0.25) is 10.0 Å². The van der Waals surface area contributed by atoms with Crippen molar-refractivity contribution >= 4 is 16.0 Å². The summed E-state index contributed by atoms with van der Waals surface area (Å²) in [4.78, 5) is 6.62. The van der Waals surface area contributed by atoms with Crippen molar-refractivity contribution in [1.82, 2.24) is 19.5 Å². The van der Waals surface area contributed by atoms with Crippen LogP contribution in [0.2, 0.25) is 0 Å². The number of ether oxygens (including phenoxy) is 1. The Kier molecular flexibility index (Phi) is 7.11. The van der Waals surface area contributed by atoms with Gasteiger partial charge in [-0.05, 0) is 30.7 Å². The smallest absolute Gasteiger partial charge is 0.242 e. The molecule has 0 aliphatic carbocycles. The Morgan fingerprint density at radius 2 is 1.97 bits per heavy atom. The summed E-state index contributed by atoms with van der Waals surface area (Å²) in [6.45, 7) is 3.78. The molecule has 0 amide bonds. The first-order valence-corrected chi connectivity index (χ1v) is 11.2. The van der Waals surface area contributed by atoms with Gasteiger partial charge in [0, 0.05) is 46.1 Å². The molecule has 30 heavy (non-hydrogen) atoms. The van der Waals surface area contributed by atoms with Crippen molar-refractivity contribution in [3.05, 3.63) is 54.1 Å². The molecule has 1 aromatic heterocycles. The average molecular weight is 438 g/mol. The van der Waals surface area contributed by atoms with E-state index in [1.54, 1.807) is 49.3 Å². The number of benzene rings is 1. The molecule has 2 aromatic rings. The second kappa shape index (κ2) is 9.59. The van der Waals surface area contributed by atoms with Crippen molar-refractivity contribution < 1.29 is 17.5 Å². The number of nitrogens with one attached hydrogen (secondary N) is 2. The van der Waals surface area contributed by atoms with Crippen LogP contribution >= 0.6 is 0 Å². The molecule has 3 rings (SSSR count). The number of aliphatic imine (C=N–C) groups is 1. The van der Waals surface area contributed by atoms with Crippen LogP contribution in [0.25, 0.3) is 0 Å². The molecule has 2 unspecified atom stereocenters. The minimum absolute atomic E-state index is 0.0380. The van der Waals surface area contributed by atoms with Crippen molar-refractivity contribution in [2.75, 3.05) is 33.2 Å². The number of halogens is 1. The van der Waals surface area contributed by atoms with Crippen molar-refractivity contribution in [3.63, 3.8) is 0 Å². The molecule has 0 spiro atoms. The Hall–Kier alpha value is -2.43. The molecule has 2 heterocycles. The van der Waals surface area contributed by atoms with E-state index < -0.39 is 10.0 Å². The molecular formula is C20H28FN5O3S. The number of hydrogen-bond donors (Lipinski definition) is 2. The van der Waals surface area contributed by atoms with Crippen LogP contribution in [0.1, 0.15) is 18.6 Å². The molecule has 0 radical (unpaired) electrons. The number of rotatable bonds is 6. The number of nitrogens with zero attached hydrogens (tertiary/aromatic N) is 3. The van der Waals surface area contributed by atoms with E-state index in [0.29, 0.717) is 25.6 Å². The lowest BCUT2D eigenvalue weighted by atomic mass is 10.1. The van der Waals surface area contributed by atoms with Gasteiger partial charge >= 0.3 is 0 Å². The van der Waals surface area contributed by atoms with Crippen molar-refractivity contribution in [1.29, 1.82) is 0 Å². The lowest BCUT2D eigenvalue weighted by Gasteiger charge is -2.38. The molecule has 0 bridgehead atoms. The topological polar surface area (TPSA) is 88.0 Å². The lowest BCUT2D eigenvalue weighted by Crippen LogP contribution is -2.51. The monoisotopic (exact) mass is 437 g/mol. The normalized spacial score (nSPS) is 20.4. The second-order valence-electron chi connectivity index (χ2n) is 7.28. The molecule has 1 aromatic carbocycles. The summed E-state index contributed by atoms with van der Waals surface area (Å²) in [6, 6.07) is 7.86. The lowest BCUT2D eigenvalue weighted by molar-refractivity contribution is -0.0604. The zero-order valence-corrected chi connectivity index (χ0v) is 18.2. The zero-order chi connectivity index (χ0) is 21.7. The number of aromatic nitrogens is 1. The second-order valence-corrected chi connectivity index (χ2v) is 9.04. The number of morpholine rings is 1. The number of sulfonamides is 1. The largest absolute Gasteiger partial charge is 0.367 e. The molecular weight excluding hydrogens is 409 g/mol. The Balaban J connectivity index is 1.55. The van der Waals surface area contributed by atoms with Crippen LogP contribution in [0.15, 0.2) is 52.6 Å². The van der Waals surface area contributed by atoms with E-state index in [2.05, 4.69) is 19.9 Å². The first-order valence-electron chi connectivity index (χ1n) is 9.76. The number of aryl methyl sites for hydroxylation is 1. The molecule has 164 valence electrons. The van der Waals surface area contributed by atoms with Crippen LogP contribution in [-0.4, -0.2) is 63.2 Å². The summed E-state index contributed by atoms with van der Waals surface area (Å²) in [5.74, 6) is 0.381. The van der Waals surface area contributed by atoms with E-state index in [9.17, 15) is 12.8 Å². The Labute approximate surface area is 176 Å². The molecule has 2 atom stereocenters.